The van der Waals surface area contributed by atoms with Crippen LogP contribution in [0.5, 0.6) is 5.75 Å². The molecule has 33 heavy (non-hydrogen) atoms. The second-order valence-corrected chi connectivity index (χ2v) is 8.59. The molecular weight excluding hydrogens is 529 g/mol. The first-order valence-corrected chi connectivity index (χ1v) is 11.9. The lowest BCUT2D eigenvalue weighted by Crippen LogP contribution is -2.42. The molecule has 1 aliphatic rings. The minimum atomic E-state index is 0. The molecule has 184 valence electrons. The summed E-state index contributed by atoms with van der Waals surface area (Å²) in [6.07, 6.45) is 2.33. The Morgan fingerprint density at radius 1 is 1.18 bits per heavy atom. The van der Waals surface area contributed by atoms with Gasteiger partial charge in [-0.2, -0.15) is 0 Å². The van der Waals surface area contributed by atoms with Crippen molar-refractivity contribution in [2.75, 3.05) is 32.8 Å². The van der Waals surface area contributed by atoms with E-state index in [-0.39, 0.29) is 24.0 Å². The van der Waals surface area contributed by atoms with Crippen molar-refractivity contribution in [1.82, 2.24) is 20.5 Å². The third kappa shape index (κ3) is 8.48. The monoisotopic (exact) mass is 569 g/mol. The van der Waals surface area contributed by atoms with Gasteiger partial charge in [-0.3, -0.25) is 4.90 Å². The number of likely N-dealkylation sites (tertiary alicyclic amines) is 1. The van der Waals surface area contributed by atoms with Gasteiger partial charge in [0, 0.05) is 18.7 Å². The highest BCUT2D eigenvalue weighted by molar-refractivity contribution is 14.0. The topological polar surface area (TPSA) is 74.9 Å². The Morgan fingerprint density at radius 3 is 2.58 bits per heavy atom. The summed E-state index contributed by atoms with van der Waals surface area (Å²) >= 11 is 0. The summed E-state index contributed by atoms with van der Waals surface area (Å²) in [6.45, 7) is 16.1. The molecule has 0 bridgehead atoms. The lowest BCUT2D eigenvalue weighted by atomic mass is 9.97. The fraction of sp³-hybridized carbons (Fsp3) is 0.600. The summed E-state index contributed by atoms with van der Waals surface area (Å²) in [6, 6.07) is 6.31. The Bertz CT molecular complexity index is 871. The van der Waals surface area contributed by atoms with Crippen molar-refractivity contribution in [2.45, 2.75) is 60.5 Å². The molecule has 1 saturated heterocycles. The lowest BCUT2D eigenvalue weighted by molar-refractivity contribution is 0.164. The van der Waals surface area contributed by atoms with Gasteiger partial charge in [0.1, 0.15) is 11.5 Å². The van der Waals surface area contributed by atoms with Crippen LogP contribution in [0.15, 0.2) is 27.6 Å². The van der Waals surface area contributed by atoms with E-state index in [4.69, 9.17) is 14.1 Å². The summed E-state index contributed by atoms with van der Waals surface area (Å²) in [4.78, 5) is 11.8. The Morgan fingerprint density at radius 2 is 1.94 bits per heavy atom. The van der Waals surface area contributed by atoms with Crippen molar-refractivity contribution in [3.8, 4) is 5.75 Å². The quantitative estimate of drug-likeness (QED) is 0.262. The number of ether oxygens (including phenoxy) is 1. The molecule has 2 N–H and O–H groups in total. The van der Waals surface area contributed by atoms with Gasteiger partial charge in [0.2, 0.25) is 5.89 Å². The number of nitrogens with zero attached hydrogens (tertiary/aromatic N) is 3. The van der Waals surface area contributed by atoms with Gasteiger partial charge >= 0.3 is 0 Å². The molecule has 0 saturated carbocycles. The fourth-order valence-electron chi connectivity index (χ4n) is 3.98. The molecule has 2 aromatic rings. The number of oxazole rings is 1. The molecule has 1 aromatic heterocycles. The number of nitrogens with one attached hydrogen (secondary N) is 2. The van der Waals surface area contributed by atoms with Crippen molar-refractivity contribution >= 4 is 29.9 Å². The van der Waals surface area contributed by atoms with Crippen molar-refractivity contribution in [1.29, 1.82) is 0 Å². The summed E-state index contributed by atoms with van der Waals surface area (Å²) in [5, 5.41) is 6.92. The maximum atomic E-state index is 5.80. The van der Waals surface area contributed by atoms with Crippen molar-refractivity contribution in [2.24, 2.45) is 10.9 Å². The number of rotatable bonds is 9. The fourth-order valence-corrected chi connectivity index (χ4v) is 3.98. The van der Waals surface area contributed by atoms with Gasteiger partial charge < -0.3 is 19.8 Å². The predicted molar refractivity (Wildman–Crippen MR) is 145 cm³/mol. The molecule has 1 aromatic carbocycles. The van der Waals surface area contributed by atoms with E-state index in [1.54, 1.807) is 0 Å². The molecule has 0 aliphatic carbocycles. The van der Waals surface area contributed by atoms with E-state index in [9.17, 15) is 0 Å². The number of guanidine groups is 1. The van der Waals surface area contributed by atoms with Crippen LogP contribution in [-0.2, 0) is 13.1 Å². The summed E-state index contributed by atoms with van der Waals surface area (Å²) in [5.41, 5.74) is 3.30. The first kappa shape index (κ1) is 27.4. The molecule has 0 unspecified atom stereocenters. The zero-order valence-electron chi connectivity index (χ0n) is 20.7. The Hall–Kier alpha value is -1.81. The standard InChI is InChI=1S/C25H39N5O2.HI/c1-6-26-25(28-16-22-9-8-18(3)14-23(22)31-7-2)27-15-21-10-12-30(13-11-21)17-24-29-19(4)20(5)32-24;/h8-9,14,21H,6-7,10-13,15-17H2,1-5H3,(H2,26,27,28);1H. The number of piperidine rings is 1. The Labute approximate surface area is 215 Å². The molecule has 7 nitrogen and oxygen atoms in total. The number of aliphatic imine (C=N–C) groups is 1. The molecule has 8 heteroatoms. The first-order chi connectivity index (χ1) is 15.5. The highest BCUT2D eigenvalue weighted by Crippen LogP contribution is 2.22. The second-order valence-electron chi connectivity index (χ2n) is 8.59. The van der Waals surface area contributed by atoms with E-state index in [0.29, 0.717) is 19.1 Å². The molecule has 1 fully saturated rings. The van der Waals surface area contributed by atoms with Gasteiger partial charge in [0.05, 0.1) is 25.4 Å². The number of aryl methyl sites for hydroxylation is 3. The molecule has 3 rings (SSSR count). The summed E-state index contributed by atoms with van der Waals surface area (Å²) in [5.74, 6) is 4.19. The highest BCUT2D eigenvalue weighted by Gasteiger charge is 2.21. The van der Waals surface area contributed by atoms with Gasteiger partial charge in [-0.15, -0.1) is 24.0 Å². The minimum Gasteiger partial charge on any atom is -0.494 e. The van der Waals surface area contributed by atoms with Crippen molar-refractivity contribution in [3.63, 3.8) is 0 Å². The average molecular weight is 570 g/mol. The number of benzene rings is 1. The van der Waals surface area contributed by atoms with E-state index >= 15 is 0 Å². The van der Waals surface area contributed by atoms with Crippen LogP contribution in [0.1, 0.15) is 55.2 Å². The molecule has 0 radical (unpaired) electrons. The first-order valence-electron chi connectivity index (χ1n) is 11.9. The van der Waals surface area contributed by atoms with Crippen molar-refractivity contribution < 1.29 is 9.15 Å². The normalized spacial score (nSPS) is 15.2. The van der Waals surface area contributed by atoms with E-state index < -0.39 is 0 Å². The molecule has 1 aliphatic heterocycles. The number of hydrogen-bond acceptors (Lipinski definition) is 5. The van der Waals surface area contributed by atoms with Gasteiger partial charge in [-0.25, -0.2) is 9.98 Å². The zero-order chi connectivity index (χ0) is 22.9. The van der Waals surface area contributed by atoms with Crippen LogP contribution in [-0.4, -0.2) is 48.6 Å². The average Bonchev–Trinajstić information content (AvgIpc) is 3.09. The van der Waals surface area contributed by atoms with E-state index in [1.165, 1.54) is 5.56 Å². The van der Waals surface area contributed by atoms with E-state index in [1.807, 2.05) is 20.8 Å². The number of aromatic nitrogens is 1. The van der Waals surface area contributed by atoms with Crippen molar-refractivity contribution in [3.05, 3.63) is 46.7 Å². The van der Waals surface area contributed by atoms with Crippen LogP contribution < -0.4 is 15.4 Å². The lowest BCUT2D eigenvalue weighted by Gasteiger charge is -2.31. The van der Waals surface area contributed by atoms with Crippen LogP contribution in [0.25, 0.3) is 0 Å². The van der Waals surface area contributed by atoms with Crippen LogP contribution >= 0.6 is 24.0 Å². The van der Waals surface area contributed by atoms with Gasteiger partial charge in [-0.05, 0) is 78.1 Å². The third-order valence-corrected chi connectivity index (χ3v) is 5.97. The van der Waals surface area contributed by atoms with Crippen LogP contribution in [0.4, 0.5) is 0 Å². The number of hydrogen-bond donors (Lipinski definition) is 2. The highest BCUT2D eigenvalue weighted by atomic mass is 127. The van der Waals surface area contributed by atoms with E-state index in [0.717, 1.165) is 80.2 Å². The van der Waals surface area contributed by atoms with Crippen LogP contribution in [0.3, 0.4) is 0 Å². The Balaban J connectivity index is 0.00000385. The van der Waals surface area contributed by atoms with Crippen LogP contribution in [0.2, 0.25) is 0 Å². The Kier molecular flexibility index (Phi) is 11.5. The van der Waals surface area contributed by atoms with E-state index in [2.05, 4.69) is 52.6 Å². The smallest absolute Gasteiger partial charge is 0.208 e. The molecular formula is C25H40IN5O2. The maximum absolute atomic E-state index is 5.80. The molecule has 0 amide bonds. The number of halogens is 1. The van der Waals surface area contributed by atoms with Gasteiger partial charge in [0.15, 0.2) is 5.96 Å². The third-order valence-electron chi connectivity index (χ3n) is 5.97. The predicted octanol–water partition coefficient (Wildman–Crippen LogP) is 4.58. The largest absolute Gasteiger partial charge is 0.494 e. The maximum Gasteiger partial charge on any atom is 0.208 e. The molecule has 0 atom stereocenters. The van der Waals surface area contributed by atoms with Gasteiger partial charge in [-0.1, -0.05) is 12.1 Å². The summed E-state index contributed by atoms with van der Waals surface area (Å²) < 4.78 is 11.5. The van der Waals surface area contributed by atoms with Crippen LogP contribution in [0, 0.1) is 26.7 Å². The minimum absolute atomic E-state index is 0. The SMILES string of the molecule is CCNC(=NCc1ccc(C)cc1OCC)NCC1CCN(Cc2nc(C)c(C)o2)CC1.I. The second kappa shape index (κ2) is 13.8. The summed E-state index contributed by atoms with van der Waals surface area (Å²) in [7, 11) is 0. The van der Waals surface area contributed by atoms with Gasteiger partial charge in [0.25, 0.3) is 0 Å². The molecule has 2 heterocycles. The zero-order valence-corrected chi connectivity index (χ0v) is 23.1. The molecule has 0 spiro atoms.